The quantitative estimate of drug-likeness (QED) is 0.220. The molecule has 10 nitrogen and oxygen atoms in total. The summed E-state index contributed by atoms with van der Waals surface area (Å²) in [6, 6.07) is 15.9. The Labute approximate surface area is 295 Å². The average Bonchev–Trinajstić information content (AvgIpc) is 3.75. The number of aliphatic hydroxyl groups is 1. The maximum absolute atomic E-state index is 14.9. The van der Waals surface area contributed by atoms with Crippen LogP contribution in [0.4, 0.5) is 0 Å². The lowest BCUT2D eigenvalue weighted by Gasteiger charge is -2.43. The predicted molar refractivity (Wildman–Crippen MR) is 189 cm³/mol. The van der Waals surface area contributed by atoms with Crippen LogP contribution in [0.15, 0.2) is 86.0 Å². The van der Waals surface area contributed by atoms with E-state index in [0.29, 0.717) is 30.4 Å². The summed E-state index contributed by atoms with van der Waals surface area (Å²) >= 11 is 0. The molecule has 0 aromatic heterocycles. The highest BCUT2D eigenvalue weighted by Gasteiger charge is 2.76. The fourth-order valence-corrected chi connectivity index (χ4v) is 8.10. The molecule has 1 N–H and O–H groups in total. The summed E-state index contributed by atoms with van der Waals surface area (Å²) in [6.07, 6.45) is 3.51. The molecule has 1 spiro atoms. The second-order valence-electron chi connectivity index (χ2n) is 14.7. The number of hydrogen-bond acceptors (Lipinski definition) is 7. The topological polar surface area (TPSA) is 117 Å². The van der Waals surface area contributed by atoms with Gasteiger partial charge < -0.3 is 29.3 Å². The van der Waals surface area contributed by atoms with E-state index in [0.717, 1.165) is 0 Å². The summed E-state index contributed by atoms with van der Waals surface area (Å²) in [6.45, 7) is 15.0. The van der Waals surface area contributed by atoms with Gasteiger partial charge in [-0.1, -0.05) is 72.8 Å². The van der Waals surface area contributed by atoms with Crippen LogP contribution in [-0.4, -0.2) is 93.0 Å². The Hall–Kier alpha value is -4.28. The van der Waals surface area contributed by atoms with Gasteiger partial charge in [0.2, 0.25) is 17.7 Å². The number of likely N-dealkylation sites (tertiary alicyclic amines) is 1. The van der Waals surface area contributed by atoms with Crippen molar-refractivity contribution in [3.8, 4) is 0 Å². The van der Waals surface area contributed by atoms with Crippen molar-refractivity contribution >= 4 is 23.7 Å². The lowest BCUT2D eigenvalue weighted by Crippen LogP contribution is -2.60. The third-order valence-electron chi connectivity index (χ3n) is 10.7. The first kappa shape index (κ1) is 37.0. The third kappa shape index (κ3) is 6.63. The van der Waals surface area contributed by atoms with Gasteiger partial charge >= 0.3 is 5.97 Å². The molecule has 3 amide bonds. The summed E-state index contributed by atoms with van der Waals surface area (Å²) in [5.74, 6) is -3.48. The molecule has 0 radical (unpaired) electrons. The molecule has 10 heteroatoms. The van der Waals surface area contributed by atoms with E-state index in [1.54, 1.807) is 29.0 Å². The standard InChI is InChI=1S/C40H51N3O7/c1-8-10-21-31(45)41(7)26(3)34(28-19-15-12-16-20-28)49-38(48)32-30-22-23-40(50-30)33(32)36(46)43(29(25-44)27-17-13-11-14-18-27)35(40)37(47)42(24-9-2)39(4,5)6/h8-9,11-20,26,29-30,32-35,44H,1-2,10,21-25H2,3-7H3/t26-,29-,30-,32+,33+,34+,35-,40+/m1/s1. The van der Waals surface area contributed by atoms with E-state index < -0.39 is 71.8 Å². The van der Waals surface area contributed by atoms with Gasteiger partial charge in [-0.3, -0.25) is 19.2 Å². The maximum Gasteiger partial charge on any atom is 0.313 e. The Morgan fingerprint density at radius 3 is 2.24 bits per heavy atom. The molecule has 2 bridgehead atoms. The minimum atomic E-state index is -1.30. The van der Waals surface area contributed by atoms with Gasteiger partial charge in [-0.25, -0.2) is 0 Å². The zero-order valence-electron chi connectivity index (χ0n) is 29.9. The third-order valence-corrected chi connectivity index (χ3v) is 10.7. The molecule has 2 aromatic carbocycles. The van der Waals surface area contributed by atoms with E-state index in [1.165, 1.54) is 4.90 Å². The van der Waals surface area contributed by atoms with Crippen molar-refractivity contribution in [2.45, 2.75) is 94.9 Å². The number of esters is 1. The molecule has 50 heavy (non-hydrogen) atoms. The number of allylic oxidation sites excluding steroid dienone is 1. The van der Waals surface area contributed by atoms with Crippen LogP contribution in [0.5, 0.6) is 0 Å². The number of benzene rings is 2. The summed E-state index contributed by atoms with van der Waals surface area (Å²) in [5, 5.41) is 10.8. The monoisotopic (exact) mass is 685 g/mol. The minimum Gasteiger partial charge on any atom is -0.455 e. The van der Waals surface area contributed by atoms with Gasteiger partial charge in [0.05, 0.1) is 36.6 Å². The average molecular weight is 686 g/mol. The van der Waals surface area contributed by atoms with Gasteiger partial charge in [-0.2, -0.15) is 0 Å². The van der Waals surface area contributed by atoms with Crippen molar-refractivity contribution < 1.29 is 33.8 Å². The van der Waals surface area contributed by atoms with Crippen LogP contribution in [-0.2, 0) is 28.7 Å². The largest absolute Gasteiger partial charge is 0.455 e. The zero-order valence-corrected chi connectivity index (χ0v) is 29.9. The number of ether oxygens (including phenoxy) is 2. The van der Waals surface area contributed by atoms with Crippen LogP contribution in [0, 0.1) is 11.8 Å². The van der Waals surface area contributed by atoms with Gasteiger partial charge in [0.1, 0.15) is 17.7 Å². The first-order valence-electron chi connectivity index (χ1n) is 17.5. The van der Waals surface area contributed by atoms with E-state index in [2.05, 4.69) is 13.2 Å². The van der Waals surface area contributed by atoms with E-state index >= 15 is 0 Å². The number of aliphatic hydroxyl groups excluding tert-OH is 1. The molecule has 268 valence electrons. The fourth-order valence-electron chi connectivity index (χ4n) is 8.10. The molecule has 5 rings (SSSR count). The molecule has 0 saturated carbocycles. The highest BCUT2D eigenvalue weighted by Crippen LogP contribution is 2.60. The molecule has 3 saturated heterocycles. The molecular formula is C40H51N3O7. The van der Waals surface area contributed by atoms with Crippen molar-refractivity contribution in [1.82, 2.24) is 14.7 Å². The number of amides is 3. The molecule has 0 unspecified atom stereocenters. The minimum absolute atomic E-state index is 0.113. The Bertz CT molecular complexity index is 1570. The van der Waals surface area contributed by atoms with Crippen molar-refractivity contribution in [3.63, 3.8) is 0 Å². The van der Waals surface area contributed by atoms with E-state index in [4.69, 9.17) is 9.47 Å². The highest BCUT2D eigenvalue weighted by molar-refractivity contribution is 5.98. The smallest absolute Gasteiger partial charge is 0.313 e. The predicted octanol–water partition coefficient (Wildman–Crippen LogP) is 5.01. The van der Waals surface area contributed by atoms with Crippen LogP contribution in [0.25, 0.3) is 0 Å². The molecule has 3 aliphatic heterocycles. The highest BCUT2D eigenvalue weighted by atomic mass is 16.6. The lowest BCUT2D eigenvalue weighted by atomic mass is 9.70. The zero-order chi connectivity index (χ0) is 36.4. The molecule has 3 fully saturated rings. The number of carbonyl (C=O) groups is 4. The number of fused-ring (bicyclic) bond motifs is 1. The second kappa shape index (κ2) is 14.9. The van der Waals surface area contributed by atoms with Crippen LogP contribution in [0.1, 0.15) is 76.7 Å². The Morgan fingerprint density at radius 1 is 1.06 bits per heavy atom. The second-order valence-corrected chi connectivity index (χ2v) is 14.7. The Kier molecular flexibility index (Phi) is 11.0. The van der Waals surface area contributed by atoms with Crippen molar-refractivity contribution in [3.05, 3.63) is 97.1 Å². The Morgan fingerprint density at radius 2 is 1.68 bits per heavy atom. The van der Waals surface area contributed by atoms with E-state index in [9.17, 15) is 24.3 Å². The molecular weight excluding hydrogens is 634 g/mol. The summed E-state index contributed by atoms with van der Waals surface area (Å²) in [5.41, 5.74) is -0.558. The molecule has 2 aromatic rings. The van der Waals surface area contributed by atoms with Gasteiger partial charge in [0, 0.05) is 25.6 Å². The Balaban J connectivity index is 1.55. The van der Waals surface area contributed by atoms with Crippen LogP contribution < -0.4 is 0 Å². The lowest BCUT2D eigenvalue weighted by molar-refractivity contribution is -0.165. The first-order valence-corrected chi connectivity index (χ1v) is 17.5. The van der Waals surface area contributed by atoms with Crippen LogP contribution in [0.2, 0.25) is 0 Å². The first-order chi connectivity index (χ1) is 23.8. The fraction of sp³-hybridized carbons (Fsp3) is 0.500. The number of carbonyl (C=O) groups excluding carboxylic acids is 4. The maximum atomic E-state index is 14.9. The van der Waals surface area contributed by atoms with Gasteiger partial charge in [0.15, 0.2) is 0 Å². The molecule has 3 heterocycles. The SMILES string of the molecule is C=CCCC(=O)N(C)[C@H](C)[C@H](OC(=O)[C@@H]1[C@H]2C(=O)N([C@H](CO)c3ccccc3)[C@H](C(=O)N(CC=C)C(C)(C)C)[C@]23CC[C@H]1O3)c1ccccc1. The van der Waals surface area contributed by atoms with Crippen molar-refractivity contribution in [2.75, 3.05) is 20.2 Å². The number of hydrogen-bond donors (Lipinski definition) is 1. The molecule has 8 atom stereocenters. The van der Waals surface area contributed by atoms with E-state index in [1.807, 2.05) is 88.4 Å². The normalized spacial score (nSPS) is 25.7. The number of nitrogens with zero attached hydrogens (tertiary/aromatic N) is 3. The molecule has 0 aliphatic carbocycles. The summed E-state index contributed by atoms with van der Waals surface area (Å²) in [4.78, 5) is 62.0. The van der Waals surface area contributed by atoms with E-state index in [-0.39, 0.29) is 24.8 Å². The summed E-state index contributed by atoms with van der Waals surface area (Å²) < 4.78 is 13.1. The number of rotatable bonds is 14. The molecule has 3 aliphatic rings. The van der Waals surface area contributed by atoms with Gasteiger partial charge in [0.25, 0.3) is 0 Å². The van der Waals surface area contributed by atoms with Gasteiger partial charge in [-0.05, 0) is 58.1 Å². The van der Waals surface area contributed by atoms with Crippen LogP contribution in [0.3, 0.4) is 0 Å². The van der Waals surface area contributed by atoms with Gasteiger partial charge in [-0.15, -0.1) is 13.2 Å². The van der Waals surface area contributed by atoms with Crippen molar-refractivity contribution in [2.24, 2.45) is 11.8 Å². The van der Waals surface area contributed by atoms with Crippen molar-refractivity contribution in [1.29, 1.82) is 0 Å². The summed E-state index contributed by atoms with van der Waals surface area (Å²) in [7, 11) is 1.69. The van der Waals surface area contributed by atoms with Crippen LogP contribution >= 0.6 is 0 Å². The number of likely N-dealkylation sites (N-methyl/N-ethyl adjacent to an activating group) is 1.